The number of aromatic hydroxyl groups is 1. The molecule has 0 saturated heterocycles. The van der Waals surface area contributed by atoms with Gasteiger partial charge in [0.05, 0.1) is 58.3 Å². The largest absolute Gasteiger partial charge is 0.506 e. The molecule has 1 aromatic carbocycles. The van der Waals surface area contributed by atoms with E-state index in [0.29, 0.717) is 4.21 Å². The van der Waals surface area contributed by atoms with Crippen LogP contribution in [0.15, 0.2) is 27.2 Å². The number of rotatable bonds is 8. The van der Waals surface area contributed by atoms with Crippen molar-refractivity contribution in [3.8, 4) is 17.2 Å². The number of aromatic amines is 1. The van der Waals surface area contributed by atoms with Crippen LogP contribution >= 0.6 is 23.1 Å². The molecule has 11 nitrogen and oxygen atoms in total. The number of nitrogens with two attached hydrogens (primary N) is 1. The van der Waals surface area contributed by atoms with E-state index in [9.17, 15) is 24.3 Å². The highest BCUT2D eigenvalue weighted by atomic mass is 32.2. The Kier molecular flexibility index (Phi) is 7.13. The van der Waals surface area contributed by atoms with Gasteiger partial charge in [-0.25, -0.2) is 4.79 Å². The van der Waals surface area contributed by atoms with E-state index in [2.05, 4.69) is 10.3 Å². The smallest absolute Gasteiger partial charge is 0.340 e. The lowest BCUT2D eigenvalue weighted by molar-refractivity contribution is -0.113. The molecule has 0 unspecified atom stereocenters. The molecule has 2 aromatic heterocycles. The van der Waals surface area contributed by atoms with E-state index in [1.165, 1.54) is 33.5 Å². The van der Waals surface area contributed by atoms with Crippen molar-refractivity contribution >= 4 is 56.8 Å². The minimum absolute atomic E-state index is 0.00201. The van der Waals surface area contributed by atoms with Crippen molar-refractivity contribution in [3.63, 3.8) is 0 Å². The summed E-state index contributed by atoms with van der Waals surface area (Å²) in [5.41, 5.74) is 5.15. The molecule has 0 aliphatic heterocycles. The van der Waals surface area contributed by atoms with Gasteiger partial charge in [-0.15, -0.1) is 23.1 Å². The molecular weight excluding hydrogens is 474 g/mol. The van der Waals surface area contributed by atoms with Crippen LogP contribution in [0.1, 0.15) is 20.7 Å². The quantitative estimate of drug-likeness (QED) is 0.270. The number of H-pyrrole nitrogens is 1. The number of thiophene rings is 1. The Hall–Kier alpha value is -3.71. The minimum atomic E-state index is -0.821. The monoisotopic (exact) mass is 493 g/mol. The van der Waals surface area contributed by atoms with Crippen LogP contribution in [0, 0.1) is 0 Å². The molecule has 3 aromatic rings. The van der Waals surface area contributed by atoms with E-state index in [0.717, 1.165) is 29.2 Å². The summed E-state index contributed by atoms with van der Waals surface area (Å²) in [6.45, 7) is 0. The first-order chi connectivity index (χ1) is 15.7. The van der Waals surface area contributed by atoms with Crippen molar-refractivity contribution < 1.29 is 33.7 Å². The van der Waals surface area contributed by atoms with Gasteiger partial charge in [-0.2, -0.15) is 0 Å². The summed E-state index contributed by atoms with van der Waals surface area (Å²) in [6.07, 6.45) is 0. The fourth-order valence-corrected chi connectivity index (χ4v) is 5.22. The molecule has 0 radical (unpaired) electrons. The SMILES string of the molecule is COC(=O)c1cc(OC)c(OC)cc1NC(=O)CSc1sc2c(O)cc(=O)[nH]c2c1C(N)=O. The second kappa shape index (κ2) is 9.83. The van der Waals surface area contributed by atoms with Crippen LogP contribution in [0.25, 0.3) is 10.2 Å². The number of fused-ring (bicyclic) bond motifs is 1. The molecule has 0 saturated carbocycles. The zero-order chi connectivity index (χ0) is 24.3. The molecule has 2 heterocycles. The van der Waals surface area contributed by atoms with E-state index >= 15 is 0 Å². The number of hydrogen-bond donors (Lipinski definition) is 4. The Bertz CT molecular complexity index is 1310. The van der Waals surface area contributed by atoms with Crippen molar-refractivity contribution in [1.82, 2.24) is 4.98 Å². The highest BCUT2D eigenvalue weighted by Crippen LogP contribution is 2.40. The first-order valence-electron chi connectivity index (χ1n) is 9.15. The van der Waals surface area contributed by atoms with Crippen molar-refractivity contribution in [2.75, 3.05) is 32.4 Å². The number of esters is 1. The lowest BCUT2D eigenvalue weighted by Crippen LogP contribution is -2.18. The van der Waals surface area contributed by atoms with Crippen LogP contribution in [0.4, 0.5) is 5.69 Å². The summed E-state index contributed by atoms with van der Waals surface area (Å²) < 4.78 is 15.8. The number of thioether (sulfide) groups is 1. The fraction of sp³-hybridized carbons (Fsp3) is 0.200. The second-order valence-electron chi connectivity index (χ2n) is 6.43. The highest BCUT2D eigenvalue weighted by Gasteiger charge is 2.23. The van der Waals surface area contributed by atoms with Gasteiger partial charge in [0, 0.05) is 18.2 Å². The second-order valence-corrected chi connectivity index (χ2v) is 8.70. The number of carbonyl (C=O) groups excluding carboxylic acids is 3. The summed E-state index contributed by atoms with van der Waals surface area (Å²) in [4.78, 5) is 50.9. The van der Waals surface area contributed by atoms with Crippen molar-refractivity contribution in [2.45, 2.75) is 4.21 Å². The summed E-state index contributed by atoms with van der Waals surface area (Å²) >= 11 is 1.99. The maximum Gasteiger partial charge on any atom is 0.340 e. The molecule has 0 aliphatic carbocycles. The van der Waals surface area contributed by atoms with Gasteiger partial charge in [0.2, 0.25) is 5.91 Å². The first kappa shape index (κ1) is 23.9. The first-order valence-corrected chi connectivity index (χ1v) is 11.0. The number of benzene rings is 1. The number of aromatic nitrogens is 1. The van der Waals surface area contributed by atoms with E-state index in [1.807, 2.05) is 0 Å². The maximum atomic E-state index is 12.6. The van der Waals surface area contributed by atoms with Gasteiger partial charge in [0.25, 0.3) is 11.5 Å². The Balaban J connectivity index is 1.88. The van der Waals surface area contributed by atoms with Crippen LogP contribution in [0.3, 0.4) is 0 Å². The maximum absolute atomic E-state index is 12.6. The number of carbonyl (C=O) groups is 3. The van der Waals surface area contributed by atoms with E-state index in [1.54, 1.807) is 0 Å². The molecule has 0 spiro atoms. The van der Waals surface area contributed by atoms with Crippen LogP contribution in [-0.2, 0) is 9.53 Å². The molecule has 13 heteroatoms. The van der Waals surface area contributed by atoms with Gasteiger partial charge in [-0.3, -0.25) is 14.4 Å². The molecule has 0 atom stereocenters. The molecular formula is C20H19N3O8S2. The van der Waals surface area contributed by atoms with Crippen LogP contribution < -0.4 is 26.1 Å². The van der Waals surface area contributed by atoms with E-state index in [-0.39, 0.29) is 50.0 Å². The number of nitrogens with one attached hydrogen (secondary N) is 2. The standard InChI is InChI=1S/C20H19N3O8S2/c1-29-11-4-8(19(28)31-3)9(5-12(11)30-2)22-14(26)7-32-20-15(18(21)27)16-17(33-20)10(24)6-13(25)23-16/h4-6H,7H2,1-3H3,(H2,21,27)(H,22,26)(H2,23,24,25). The van der Waals surface area contributed by atoms with Crippen LogP contribution in [0.2, 0.25) is 0 Å². The number of anilines is 1. The van der Waals surface area contributed by atoms with Gasteiger partial charge < -0.3 is 35.4 Å². The third-order valence-electron chi connectivity index (χ3n) is 4.41. The van der Waals surface area contributed by atoms with E-state index in [4.69, 9.17) is 19.9 Å². The van der Waals surface area contributed by atoms with Crippen molar-refractivity contribution in [1.29, 1.82) is 0 Å². The van der Waals surface area contributed by atoms with E-state index < -0.39 is 23.3 Å². The summed E-state index contributed by atoms with van der Waals surface area (Å²) in [5, 5.41) is 12.6. The molecule has 0 fully saturated rings. The fourth-order valence-electron chi connectivity index (χ4n) is 2.96. The number of methoxy groups -OCH3 is 3. The van der Waals surface area contributed by atoms with Gasteiger partial charge in [0.15, 0.2) is 11.5 Å². The Morgan fingerprint density at radius 2 is 1.82 bits per heavy atom. The molecule has 33 heavy (non-hydrogen) atoms. The van der Waals surface area contributed by atoms with Crippen LogP contribution in [-0.4, -0.2) is 55.0 Å². The molecule has 3 rings (SSSR count). The van der Waals surface area contributed by atoms with Crippen molar-refractivity contribution in [2.24, 2.45) is 5.73 Å². The van der Waals surface area contributed by atoms with Gasteiger partial charge >= 0.3 is 5.97 Å². The topological polar surface area (TPSA) is 170 Å². The Morgan fingerprint density at radius 3 is 2.42 bits per heavy atom. The average Bonchev–Trinajstić information content (AvgIpc) is 3.15. The average molecular weight is 494 g/mol. The van der Waals surface area contributed by atoms with Gasteiger partial charge in [0.1, 0.15) is 5.75 Å². The molecule has 174 valence electrons. The lowest BCUT2D eigenvalue weighted by Gasteiger charge is -2.14. The molecule has 0 aliphatic rings. The molecule has 2 amide bonds. The minimum Gasteiger partial charge on any atom is -0.506 e. The lowest BCUT2D eigenvalue weighted by atomic mass is 10.1. The molecule has 0 bridgehead atoms. The normalized spacial score (nSPS) is 10.6. The Morgan fingerprint density at radius 1 is 1.15 bits per heavy atom. The number of primary amides is 1. The Labute approximate surface area is 194 Å². The van der Waals surface area contributed by atoms with Gasteiger partial charge in [-0.1, -0.05) is 0 Å². The number of hydrogen-bond acceptors (Lipinski definition) is 10. The van der Waals surface area contributed by atoms with Crippen molar-refractivity contribution in [3.05, 3.63) is 39.7 Å². The van der Waals surface area contributed by atoms with Crippen LogP contribution in [0.5, 0.6) is 17.2 Å². The number of pyridine rings is 1. The third-order valence-corrected chi connectivity index (χ3v) is 6.89. The summed E-state index contributed by atoms with van der Waals surface area (Å²) in [5.74, 6) is -1.94. The zero-order valence-corrected chi connectivity index (χ0v) is 19.3. The summed E-state index contributed by atoms with van der Waals surface area (Å²) in [7, 11) is 4.01. The zero-order valence-electron chi connectivity index (χ0n) is 17.6. The highest BCUT2D eigenvalue weighted by molar-refractivity contribution is 8.02. The summed E-state index contributed by atoms with van der Waals surface area (Å²) in [6, 6.07) is 3.78. The number of ether oxygens (including phenoxy) is 3. The predicted molar refractivity (Wildman–Crippen MR) is 123 cm³/mol. The van der Waals surface area contributed by atoms with Gasteiger partial charge in [-0.05, 0) is 0 Å². The third kappa shape index (κ3) is 4.88. The number of amides is 2. The molecule has 5 N–H and O–H groups in total. The predicted octanol–water partition coefficient (Wildman–Crippen LogP) is 1.93.